The van der Waals surface area contributed by atoms with Crippen molar-refractivity contribution in [3.05, 3.63) is 53.5 Å². The molecule has 1 aromatic heterocycles. The summed E-state index contributed by atoms with van der Waals surface area (Å²) in [5.41, 5.74) is 2.33. The van der Waals surface area contributed by atoms with Crippen molar-refractivity contribution >= 4 is 41.5 Å². The molecule has 0 aliphatic carbocycles. The fourth-order valence-corrected chi connectivity index (χ4v) is 3.34. The number of hydrogen-bond acceptors (Lipinski definition) is 3. The Kier molecular flexibility index (Phi) is 8.35. The Hall–Kier alpha value is -2.03. The molecule has 0 spiro atoms. The number of hydrogen-bond donors (Lipinski definition) is 2. The van der Waals surface area contributed by atoms with Gasteiger partial charge in [-0.05, 0) is 50.5 Å². The summed E-state index contributed by atoms with van der Waals surface area (Å²) in [6, 6.07) is 12.1. The molecule has 7 heteroatoms. The molecule has 28 heavy (non-hydrogen) atoms. The number of benzene rings is 1. The molecule has 1 aliphatic rings. The van der Waals surface area contributed by atoms with Crippen LogP contribution in [0.5, 0.6) is 0 Å². The van der Waals surface area contributed by atoms with Crippen molar-refractivity contribution in [3.63, 3.8) is 0 Å². The average Bonchev–Trinajstić information content (AvgIpc) is 3.30. The molecule has 152 valence electrons. The Bertz CT molecular complexity index is 818. The van der Waals surface area contributed by atoms with E-state index in [0.717, 1.165) is 36.6 Å². The lowest BCUT2D eigenvalue weighted by atomic mass is 10.2. The third-order valence-electron chi connectivity index (χ3n) is 4.81. The summed E-state index contributed by atoms with van der Waals surface area (Å²) in [6.07, 6.45) is 2.22. The normalized spacial score (nSPS) is 14.2. The first-order chi connectivity index (χ1) is 13.1. The van der Waals surface area contributed by atoms with Gasteiger partial charge in [-0.3, -0.25) is 9.79 Å². The zero-order valence-corrected chi connectivity index (χ0v) is 19.0. The number of guanidine groups is 1. The van der Waals surface area contributed by atoms with Crippen LogP contribution >= 0.6 is 24.0 Å². The van der Waals surface area contributed by atoms with Gasteiger partial charge in [0.1, 0.15) is 11.5 Å². The second-order valence-corrected chi connectivity index (χ2v) is 6.84. The van der Waals surface area contributed by atoms with Crippen LogP contribution < -0.4 is 15.5 Å². The van der Waals surface area contributed by atoms with Gasteiger partial charge < -0.3 is 20.0 Å². The molecule has 1 amide bonds. The number of aryl methyl sites for hydroxylation is 1. The van der Waals surface area contributed by atoms with E-state index in [2.05, 4.69) is 21.7 Å². The third kappa shape index (κ3) is 5.50. The van der Waals surface area contributed by atoms with E-state index in [9.17, 15) is 4.79 Å². The molecule has 1 aromatic carbocycles. The molecule has 3 rings (SSSR count). The summed E-state index contributed by atoms with van der Waals surface area (Å²) < 4.78 is 5.64. The predicted octanol–water partition coefficient (Wildman–Crippen LogP) is 3.80. The molecule has 6 nitrogen and oxygen atoms in total. The van der Waals surface area contributed by atoms with Crippen LogP contribution in [0.2, 0.25) is 0 Å². The monoisotopic (exact) mass is 496 g/mol. The lowest BCUT2D eigenvalue weighted by Gasteiger charge is -2.18. The van der Waals surface area contributed by atoms with Gasteiger partial charge in [-0.25, -0.2) is 0 Å². The van der Waals surface area contributed by atoms with E-state index in [0.29, 0.717) is 18.9 Å². The molecule has 1 unspecified atom stereocenters. The second kappa shape index (κ2) is 10.5. The molecule has 0 bridgehead atoms. The maximum Gasteiger partial charge on any atom is 0.227 e. The van der Waals surface area contributed by atoms with Crippen LogP contribution in [0, 0.1) is 6.92 Å². The lowest BCUT2D eigenvalue weighted by molar-refractivity contribution is -0.118. The van der Waals surface area contributed by atoms with Gasteiger partial charge >= 0.3 is 0 Å². The lowest BCUT2D eigenvalue weighted by Crippen LogP contribution is -2.39. The number of amides is 1. The number of anilines is 1. The number of nitrogens with one attached hydrogen (secondary N) is 2. The summed E-state index contributed by atoms with van der Waals surface area (Å²) in [5, 5.41) is 6.57. The van der Waals surface area contributed by atoms with E-state index in [1.807, 2.05) is 49.1 Å². The Labute approximate surface area is 183 Å². The smallest absolute Gasteiger partial charge is 0.227 e. The highest BCUT2D eigenvalue weighted by Gasteiger charge is 2.23. The Balaban J connectivity index is 0.00000280. The first-order valence-corrected chi connectivity index (χ1v) is 9.50. The minimum absolute atomic E-state index is 0. The summed E-state index contributed by atoms with van der Waals surface area (Å²) in [6.45, 7) is 5.43. The van der Waals surface area contributed by atoms with Crippen LogP contribution in [-0.2, 0) is 11.2 Å². The molecule has 0 saturated heterocycles. The Morgan fingerprint density at radius 3 is 2.79 bits per heavy atom. The fraction of sp³-hybridized carbons (Fsp3) is 0.429. The van der Waals surface area contributed by atoms with E-state index in [1.54, 1.807) is 7.05 Å². The molecule has 1 aliphatic heterocycles. The summed E-state index contributed by atoms with van der Waals surface area (Å²) in [4.78, 5) is 18.7. The molecule has 0 fully saturated rings. The van der Waals surface area contributed by atoms with E-state index in [1.165, 1.54) is 5.56 Å². The maximum absolute atomic E-state index is 12.5. The number of para-hydroxylation sites is 1. The number of carbonyl (C=O) groups is 1. The van der Waals surface area contributed by atoms with Gasteiger partial charge in [0.15, 0.2) is 5.96 Å². The molecule has 1 atom stereocenters. The van der Waals surface area contributed by atoms with Gasteiger partial charge in [-0.2, -0.15) is 0 Å². The second-order valence-electron chi connectivity index (χ2n) is 6.84. The average molecular weight is 496 g/mol. The van der Waals surface area contributed by atoms with Crippen molar-refractivity contribution in [1.29, 1.82) is 0 Å². The highest BCUT2D eigenvalue weighted by Crippen LogP contribution is 2.27. The van der Waals surface area contributed by atoms with Crippen molar-refractivity contribution in [2.45, 2.75) is 39.2 Å². The minimum atomic E-state index is 0. The first kappa shape index (κ1) is 22.3. The van der Waals surface area contributed by atoms with Crippen LogP contribution in [0.25, 0.3) is 0 Å². The molecular weight excluding hydrogens is 467 g/mol. The first-order valence-electron chi connectivity index (χ1n) is 9.50. The molecule has 2 aromatic rings. The molecule has 0 radical (unpaired) electrons. The van der Waals surface area contributed by atoms with Gasteiger partial charge in [0, 0.05) is 32.2 Å². The number of rotatable bonds is 6. The van der Waals surface area contributed by atoms with E-state index in [4.69, 9.17) is 4.42 Å². The predicted molar refractivity (Wildman–Crippen MR) is 124 cm³/mol. The van der Waals surface area contributed by atoms with Gasteiger partial charge in [-0.15, -0.1) is 24.0 Å². The van der Waals surface area contributed by atoms with Crippen molar-refractivity contribution < 1.29 is 9.21 Å². The summed E-state index contributed by atoms with van der Waals surface area (Å²) >= 11 is 0. The van der Waals surface area contributed by atoms with Crippen LogP contribution in [0.3, 0.4) is 0 Å². The van der Waals surface area contributed by atoms with Gasteiger partial charge in [0.2, 0.25) is 5.91 Å². The molecular formula is C21H29IN4O2. The van der Waals surface area contributed by atoms with Gasteiger partial charge in [0.25, 0.3) is 0 Å². The van der Waals surface area contributed by atoms with Crippen LogP contribution in [0.4, 0.5) is 5.69 Å². The highest BCUT2D eigenvalue weighted by atomic mass is 127. The number of halogens is 1. The fourth-order valence-electron chi connectivity index (χ4n) is 3.34. The Morgan fingerprint density at radius 2 is 2.07 bits per heavy atom. The maximum atomic E-state index is 12.5. The van der Waals surface area contributed by atoms with Crippen molar-refractivity contribution in [2.24, 2.45) is 4.99 Å². The number of carbonyl (C=O) groups excluding carboxylic acids is 1. The van der Waals surface area contributed by atoms with Crippen LogP contribution in [0.1, 0.15) is 42.9 Å². The molecule has 2 N–H and O–H groups in total. The van der Waals surface area contributed by atoms with Crippen LogP contribution in [-0.4, -0.2) is 32.0 Å². The number of aliphatic imine (C=N–C) groups is 1. The topological polar surface area (TPSA) is 69.9 Å². The van der Waals surface area contributed by atoms with Crippen LogP contribution in [0.15, 0.2) is 45.8 Å². The van der Waals surface area contributed by atoms with E-state index >= 15 is 0 Å². The third-order valence-corrected chi connectivity index (χ3v) is 4.81. The minimum Gasteiger partial charge on any atom is -0.464 e. The number of fused-ring (bicyclic) bond motifs is 1. The van der Waals surface area contributed by atoms with Gasteiger partial charge in [-0.1, -0.05) is 18.2 Å². The largest absolute Gasteiger partial charge is 0.464 e. The summed E-state index contributed by atoms with van der Waals surface area (Å²) in [5.74, 6) is 2.65. The standard InChI is InChI=1S/C21H28N4O2.HI/c1-15-10-11-19(27-15)16(2)24-21(22-3)23-13-6-9-20(26)25-14-12-17-7-4-5-8-18(17)25;/h4-5,7-8,10-11,16H,6,9,12-14H2,1-3H3,(H2,22,23,24);1H. The summed E-state index contributed by atoms with van der Waals surface area (Å²) in [7, 11) is 1.74. The number of nitrogens with zero attached hydrogens (tertiary/aromatic N) is 2. The van der Waals surface area contributed by atoms with Crippen molar-refractivity contribution in [1.82, 2.24) is 10.6 Å². The number of furan rings is 1. The zero-order valence-electron chi connectivity index (χ0n) is 16.7. The SMILES string of the molecule is CN=C(NCCCC(=O)N1CCc2ccccc21)NC(C)c1ccc(C)o1.I. The quantitative estimate of drug-likeness (QED) is 0.276. The van der Waals surface area contributed by atoms with E-state index < -0.39 is 0 Å². The highest BCUT2D eigenvalue weighted by molar-refractivity contribution is 14.0. The van der Waals surface area contributed by atoms with Gasteiger partial charge in [0.05, 0.1) is 6.04 Å². The van der Waals surface area contributed by atoms with E-state index in [-0.39, 0.29) is 35.9 Å². The Morgan fingerprint density at radius 1 is 1.29 bits per heavy atom. The van der Waals surface area contributed by atoms with Crippen molar-refractivity contribution in [3.8, 4) is 0 Å². The molecule has 2 heterocycles. The zero-order chi connectivity index (χ0) is 19.2. The van der Waals surface area contributed by atoms with Crippen molar-refractivity contribution in [2.75, 3.05) is 25.0 Å². The molecule has 0 saturated carbocycles.